The highest BCUT2D eigenvalue weighted by atomic mass is 19.3. The summed E-state index contributed by atoms with van der Waals surface area (Å²) in [4.78, 5) is 21.9. The van der Waals surface area contributed by atoms with Gasteiger partial charge in [0, 0.05) is 12.0 Å². The number of halogens is 2. The number of aliphatic carboxylic acids is 1. The molecule has 0 spiro atoms. The lowest BCUT2D eigenvalue weighted by Crippen LogP contribution is -2.07. The number of esters is 1. The van der Waals surface area contributed by atoms with E-state index < -0.39 is 18.4 Å². The molecule has 19 heavy (non-hydrogen) atoms. The summed E-state index contributed by atoms with van der Waals surface area (Å²) in [5, 5.41) is 8.56. The van der Waals surface area contributed by atoms with E-state index in [1.165, 1.54) is 12.1 Å². The standard InChI is InChI=1S/C13H14F2O4/c1-2-19-13(18)9-4-3-8(5-6-11(16)17)10(7-9)12(14)15/h3-4,7,12H,2,5-6H2,1H3,(H,16,17). The first-order valence-corrected chi connectivity index (χ1v) is 5.75. The lowest BCUT2D eigenvalue weighted by Gasteiger charge is -2.10. The molecule has 0 atom stereocenters. The van der Waals surface area contributed by atoms with Gasteiger partial charge in [-0.3, -0.25) is 4.79 Å². The molecule has 0 unspecified atom stereocenters. The normalized spacial score (nSPS) is 10.5. The maximum atomic E-state index is 12.9. The summed E-state index contributed by atoms with van der Waals surface area (Å²) in [5.41, 5.74) is -0.0616. The van der Waals surface area contributed by atoms with E-state index in [9.17, 15) is 18.4 Å². The second-order valence-electron chi connectivity index (χ2n) is 3.83. The Morgan fingerprint density at radius 1 is 1.37 bits per heavy atom. The zero-order valence-corrected chi connectivity index (χ0v) is 10.4. The first kappa shape index (κ1) is 15.1. The third kappa shape index (κ3) is 4.31. The minimum Gasteiger partial charge on any atom is -0.481 e. The van der Waals surface area contributed by atoms with Crippen molar-refractivity contribution < 1.29 is 28.2 Å². The lowest BCUT2D eigenvalue weighted by atomic mass is 10.0. The third-order valence-electron chi connectivity index (χ3n) is 2.50. The number of alkyl halides is 2. The van der Waals surface area contributed by atoms with Crippen LogP contribution in [0.2, 0.25) is 0 Å². The average molecular weight is 272 g/mol. The Hall–Kier alpha value is -1.98. The quantitative estimate of drug-likeness (QED) is 0.809. The zero-order chi connectivity index (χ0) is 14.4. The van der Waals surface area contributed by atoms with E-state index >= 15 is 0 Å². The molecule has 0 radical (unpaired) electrons. The number of carbonyl (C=O) groups excluding carboxylic acids is 1. The molecule has 1 aromatic rings. The van der Waals surface area contributed by atoms with E-state index in [1.54, 1.807) is 6.92 Å². The van der Waals surface area contributed by atoms with E-state index in [-0.39, 0.29) is 36.1 Å². The number of carboxylic acids is 1. The molecule has 6 heteroatoms. The van der Waals surface area contributed by atoms with Crippen molar-refractivity contribution in [3.8, 4) is 0 Å². The SMILES string of the molecule is CCOC(=O)c1ccc(CCC(=O)O)c(C(F)F)c1. The van der Waals surface area contributed by atoms with Crippen molar-refractivity contribution in [1.82, 2.24) is 0 Å². The van der Waals surface area contributed by atoms with E-state index in [1.807, 2.05) is 0 Å². The van der Waals surface area contributed by atoms with Crippen molar-refractivity contribution in [3.63, 3.8) is 0 Å². The largest absolute Gasteiger partial charge is 0.481 e. The van der Waals surface area contributed by atoms with Crippen molar-refractivity contribution in [1.29, 1.82) is 0 Å². The minimum atomic E-state index is -2.77. The number of benzene rings is 1. The number of hydrogen-bond acceptors (Lipinski definition) is 3. The van der Waals surface area contributed by atoms with Crippen LogP contribution in [-0.4, -0.2) is 23.7 Å². The molecule has 0 heterocycles. The van der Waals surface area contributed by atoms with Gasteiger partial charge in [-0.15, -0.1) is 0 Å². The molecule has 0 aliphatic heterocycles. The highest BCUT2D eigenvalue weighted by Gasteiger charge is 2.17. The fraction of sp³-hybridized carbons (Fsp3) is 0.385. The molecular formula is C13H14F2O4. The number of rotatable bonds is 6. The van der Waals surface area contributed by atoms with Gasteiger partial charge in [0.05, 0.1) is 12.2 Å². The first-order chi connectivity index (χ1) is 8.95. The monoisotopic (exact) mass is 272 g/mol. The molecule has 0 bridgehead atoms. The molecule has 0 aromatic heterocycles. The van der Waals surface area contributed by atoms with Gasteiger partial charge in [0.1, 0.15) is 0 Å². The van der Waals surface area contributed by atoms with E-state index in [0.29, 0.717) is 0 Å². The van der Waals surface area contributed by atoms with Crippen LogP contribution >= 0.6 is 0 Å². The zero-order valence-electron chi connectivity index (χ0n) is 10.4. The fourth-order valence-electron chi connectivity index (χ4n) is 1.61. The van der Waals surface area contributed by atoms with Crippen LogP contribution in [-0.2, 0) is 16.0 Å². The van der Waals surface area contributed by atoms with Crippen LogP contribution in [0.1, 0.15) is 41.3 Å². The molecular weight excluding hydrogens is 258 g/mol. The van der Waals surface area contributed by atoms with Crippen LogP contribution in [0.4, 0.5) is 8.78 Å². The number of carboxylic acid groups (broad SMARTS) is 1. The van der Waals surface area contributed by atoms with Gasteiger partial charge in [-0.2, -0.15) is 0 Å². The lowest BCUT2D eigenvalue weighted by molar-refractivity contribution is -0.136. The summed E-state index contributed by atoms with van der Waals surface area (Å²) >= 11 is 0. The molecule has 4 nitrogen and oxygen atoms in total. The Labute approximate surface area is 109 Å². The number of carbonyl (C=O) groups is 2. The van der Waals surface area contributed by atoms with Crippen LogP contribution in [0.3, 0.4) is 0 Å². The Balaban J connectivity index is 3.00. The van der Waals surface area contributed by atoms with Gasteiger partial charge in [-0.1, -0.05) is 6.07 Å². The van der Waals surface area contributed by atoms with Crippen LogP contribution in [0, 0.1) is 0 Å². The fourth-order valence-corrected chi connectivity index (χ4v) is 1.61. The van der Waals surface area contributed by atoms with Crippen LogP contribution in [0.15, 0.2) is 18.2 Å². The Morgan fingerprint density at radius 3 is 2.58 bits per heavy atom. The summed E-state index contributed by atoms with van der Waals surface area (Å²) < 4.78 is 30.5. The molecule has 0 aliphatic carbocycles. The summed E-state index contributed by atoms with van der Waals surface area (Å²) in [6.45, 7) is 1.77. The summed E-state index contributed by atoms with van der Waals surface area (Å²) in [6, 6.07) is 3.76. The van der Waals surface area contributed by atoms with Crippen molar-refractivity contribution in [2.24, 2.45) is 0 Å². The van der Waals surface area contributed by atoms with Gasteiger partial charge in [-0.25, -0.2) is 13.6 Å². The highest BCUT2D eigenvalue weighted by molar-refractivity contribution is 5.89. The Kier molecular flexibility index (Phi) is 5.41. The number of ether oxygens (including phenoxy) is 1. The van der Waals surface area contributed by atoms with Crippen LogP contribution < -0.4 is 0 Å². The Bertz CT molecular complexity index is 472. The molecule has 0 aliphatic rings. The van der Waals surface area contributed by atoms with Gasteiger partial charge in [-0.05, 0) is 31.0 Å². The molecule has 0 amide bonds. The number of hydrogen-bond donors (Lipinski definition) is 1. The van der Waals surface area contributed by atoms with E-state index in [2.05, 4.69) is 0 Å². The second-order valence-corrected chi connectivity index (χ2v) is 3.83. The smallest absolute Gasteiger partial charge is 0.338 e. The molecule has 104 valence electrons. The van der Waals surface area contributed by atoms with Gasteiger partial charge in [0.15, 0.2) is 0 Å². The maximum absolute atomic E-state index is 12.9. The molecule has 0 fully saturated rings. The predicted molar refractivity (Wildman–Crippen MR) is 63.3 cm³/mol. The van der Waals surface area contributed by atoms with Crippen molar-refractivity contribution >= 4 is 11.9 Å². The van der Waals surface area contributed by atoms with E-state index in [4.69, 9.17) is 9.84 Å². The summed E-state index contributed by atoms with van der Waals surface area (Å²) in [7, 11) is 0. The van der Waals surface area contributed by atoms with Gasteiger partial charge >= 0.3 is 11.9 Å². The first-order valence-electron chi connectivity index (χ1n) is 5.75. The number of aryl methyl sites for hydroxylation is 1. The third-order valence-corrected chi connectivity index (χ3v) is 2.50. The van der Waals surface area contributed by atoms with Crippen molar-refractivity contribution in [2.45, 2.75) is 26.2 Å². The summed E-state index contributed by atoms with van der Waals surface area (Å²) in [6.07, 6.45) is -3.01. The molecule has 0 saturated carbocycles. The van der Waals surface area contributed by atoms with Gasteiger partial charge in [0.25, 0.3) is 6.43 Å². The maximum Gasteiger partial charge on any atom is 0.338 e. The van der Waals surface area contributed by atoms with Crippen LogP contribution in [0.25, 0.3) is 0 Å². The molecule has 1 N–H and O–H groups in total. The molecule has 1 rings (SSSR count). The van der Waals surface area contributed by atoms with Gasteiger partial charge < -0.3 is 9.84 Å². The summed E-state index contributed by atoms with van der Waals surface area (Å²) in [5.74, 6) is -1.73. The minimum absolute atomic E-state index is 0.00187. The second kappa shape index (κ2) is 6.82. The highest BCUT2D eigenvalue weighted by Crippen LogP contribution is 2.25. The van der Waals surface area contributed by atoms with Gasteiger partial charge in [0.2, 0.25) is 0 Å². The van der Waals surface area contributed by atoms with Crippen molar-refractivity contribution in [2.75, 3.05) is 6.61 Å². The molecule has 1 aromatic carbocycles. The predicted octanol–water partition coefficient (Wildman–Crippen LogP) is 2.82. The molecule has 0 saturated heterocycles. The Morgan fingerprint density at radius 2 is 2.05 bits per heavy atom. The van der Waals surface area contributed by atoms with E-state index in [0.717, 1.165) is 6.07 Å². The van der Waals surface area contributed by atoms with Crippen molar-refractivity contribution in [3.05, 3.63) is 34.9 Å². The van der Waals surface area contributed by atoms with Crippen LogP contribution in [0.5, 0.6) is 0 Å². The average Bonchev–Trinajstić information content (AvgIpc) is 2.36. The topological polar surface area (TPSA) is 63.6 Å².